The summed E-state index contributed by atoms with van der Waals surface area (Å²) in [5.41, 5.74) is 8.37. The predicted octanol–water partition coefficient (Wildman–Crippen LogP) is 4.14. The van der Waals surface area contributed by atoms with Crippen LogP contribution in [0.25, 0.3) is 0 Å². The summed E-state index contributed by atoms with van der Waals surface area (Å²) < 4.78 is 0. The van der Waals surface area contributed by atoms with Gasteiger partial charge in [0, 0.05) is 18.4 Å². The average Bonchev–Trinajstić information content (AvgIpc) is 2.37. The molecule has 1 aromatic carbocycles. The van der Waals surface area contributed by atoms with Crippen LogP contribution in [0.2, 0.25) is 10.0 Å². The normalized spacial score (nSPS) is 12.2. The number of anilines is 2. The smallest absolute Gasteiger partial charge is 0.0614 e. The van der Waals surface area contributed by atoms with Crippen molar-refractivity contribution >= 4 is 34.6 Å². The number of pyridine rings is 1. The molecular weight excluding hydrogens is 269 g/mol. The number of rotatable bonds is 3. The minimum Gasteiger partial charge on any atom is -0.397 e. The van der Waals surface area contributed by atoms with E-state index in [-0.39, 0.29) is 6.04 Å². The van der Waals surface area contributed by atoms with Gasteiger partial charge in [-0.25, -0.2) is 0 Å². The van der Waals surface area contributed by atoms with Gasteiger partial charge in [-0.2, -0.15) is 0 Å². The van der Waals surface area contributed by atoms with E-state index in [0.29, 0.717) is 15.7 Å². The van der Waals surface area contributed by atoms with Gasteiger partial charge in [0.2, 0.25) is 0 Å². The Morgan fingerprint density at radius 2 is 1.78 bits per heavy atom. The van der Waals surface area contributed by atoms with Gasteiger partial charge < -0.3 is 11.1 Å². The van der Waals surface area contributed by atoms with E-state index in [2.05, 4.69) is 10.3 Å². The fourth-order valence-electron chi connectivity index (χ4n) is 1.66. The first-order valence-electron chi connectivity index (χ1n) is 5.49. The molecular formula is C13H13Cl2N3. The summed E-state index contributed by atoms with van der Waals surface area (Å²) in [5.74, 6) is 0. The molecule has 3 N–H and O–H groups in total. The summed E-state index contributed by atoms with van der Waals surface area (Å²) in [4.78, 5) is 3.99. The van der Waals surface area contributed by atoms with Crippen LogP contribution in [0, 0.1) is 0 Å². The van der Waals surface area contributed by atoms with E-state index in [4.69, 9.17) is 28.9 Å². The van der Waals surface area contributed by atoms with Crippen LogP contribution in [0.1, 0.15) is 18.5 Å². The van der Waals surface area contributed by atoms with Crippen LogP contribution in [0.3, 0.4) is 0 Å². The van der Waals surface area contributed by atoms with E-state index in [0.717, 1.165) is 11.3 Å². The number of benzene rings is 1. The molecule has 2 aromatic rings. The summed E-state index contributed by atoms with van der Waals surface area (Å²) in [5, 5.41) is 4.24. The maximum absolute atomic E-state index is 5.98. The van der Waals surface area contributed by atoms with Gasteiger partial charge >= 0.3 is 0 Å². The van der Waals surface area contributed by atoms with Crippen LogP contribution >= 0.6 is 23.2 Å². The Kier molecular flexibility index (Phi) is 3.94. The fourth-order valence-corrected chi connectivity index (χ4v) is 1.99. The highest BCUT2D eigenvalue weighted by Crippen LogP contribution is 2.32. The summed E-state index contributed by atoms with van der Waals surface area (Å²) in [6, 6.07) is 7.38. The van der Waals surface area contributed by atoms with Crippen LogP contribution < -0.4 is 11.1 Å². The molecule has 2 rings (SSSR count). The lowest BCUT2D eigenvalue weighted by Gasteiger charge is -2.17. The van der Waals surface area contributed by atoms with Crippen molar-refractivity contribution in [2.24, 2.45) is 0 Å². The Morgan fingerprint density at radius 3 is 2.44 bits per heavy atom. The lowest BCUT2D eigenvalue weighted by Crippen LogP contribution is -2.08. The zero-order chi connectivity index (χ0) is 13.1. The first-order valence-corrected chi connectivity index (χ1v) is 6.24. The van der Waals surface area contributed by atoms with Crippen molar-refractivity contribution in [2.75, 3.05) is 11.1 Å². The molecule has 94 valence electrons. The highest BCUT2D eigenvalue weighted by Gasteiger charge is 2.09. The Bertz CT molecular complexity index is 543. The molecule has 0 aliphatic heterocycles. The van der Waals surface area contributed by atoms with Crippen molar-refractivity contribution in [1.29, 1.82) is 0 Å². The van der Waals surface area contributed by atoms with Crippen molar-refractivity contribution in [1.82, 2.24) is 4.98 Å². The number of nitrogens with one attached hydrogen (secondary N) is 1. The van der Waals surface area contributed by atoms with Crippen molar-refractivity contribution in [3.05, 3.63) is 52.3 Å². The van der Waals surface area contributed by atoms with Crippen molar-refractivity contribution < 1.29 is 0 Å². The molecule has 0 aliphatic carbocycles. The lowest BCUT2D eigenvalue weighted by molar-refractivity contribution is 0.881. The molecule has 0 radical (unpaired) electrons. The minimum atomic E-state index is 0.104. The summed E-state index contributed by atoms with van der Waals surface area (Å²) in [6.07, 6.45) is 3.51. The number of hydrogen-bond acceptors (Lipinski definition) is 3. The summed E-state index contributed by atoms with van der Waals surface area (Å²) in [7, 11) is 0. The van der Waals surface area contributed by atoms with Gasteiger partial charge in [0.05, 0.1) is 21.4 Å². The van der Waals surface area contributed by atoms with E-state index in [1.165, 1.54) is 0 Å². The molecule has 1 heterocycles. The first kappa shape index (κ1) is 13.0. The molecule has 5 heteroatoms. The van der Waals surface area contributed by atoms with Gasteiger partial charge in [-0.05, 0) is 36.8 Å². The number of aromatic nitrogens is 1. The highest BCUT2D eigenvalue weighted by molar-refractivity contribution is 6.42. The van der Waals surface area contributed by atoms with Crippen LogP contribution in [0.4, 0.5) is 11.4 Å². The van der Waals surface area contributed by atoms with E-state index < -0.39 is 0 Å². The number of hydrogen-bond donors (Lipinski definition) is 2. The van der Waals surface area contributed by atoms with Gasteiger partial charge in [-0.1, -0.05) is 23.2 Å². The van der Waals surface area contributed by atoms with Crippen molar-refractivity contribution in [3.63, 3.8) is 0 Å². The van der Waals surface area contributed by atoms with Crippen LogP contribution in [0.15, 0.2) is 36.7 Å². The molecule has 1 aromatic heterocycles. The lowest BCUT2D eigenvalue weighted by atomic mass is 10.1. The zero-order valence-corrected chi connectivity index (χ0v) is 11.3. The maximum Gasteiger partial charge on any atom is 0.0614 e. The predicted molar refractivity (Wildman–Crippen MR) is 77.1 cm³/mol. The summed E-state index contributed by atoms with van der Waals surface area (Å²) in [6.45, 7) is 2.04. The molecule has 0 bridgehead atoms. The second-order valence-corrected chi connectivity index (χ2v) is 4.81. The number of nitrogen functional groups attached to an aromatic ring is 1. The molecule has 0 amide bonds. The standard InChI is InChI=1S/C13H13Cl2N3/c1-8(9-2-4-17-5-3-9)18-13-7-11(15)10(14)6-12(13)16/h2-8,18H,16H2,1H3. The molecule has 3 nitrogen and oxygen atoms in total. The Morgan fingerprint density at radius 1 is 1.17 bits per heavy atom. The summed E-state index contributed by atoms with van der Waals surface area (Å²) >= 11 is 11.9. The molecule has 0 saturated carbocycles. The van der Waals surface area contributed by atoms with Crippen LogP contribution in [-0.4, -0.2) is 4.98 Å². The topological polar surface area (TPSA) is 50.9 Å². The molecule has 18 heavy (non-hydrogen) atoms. The van der Waals surface area contributed by atoms with E-state index in [1.54, 1.807) is 24.5 Å². The van der Waals surface area contributed by atoms with Gasteiger partial charge in [0.25, 0.3) is 0 Å². The molecule has 0 spiro atoms. The Labute approximate surface area is 116 Å². The average molecular weight is 282 g/mol. The molecule has 1 atom stereocenters. The van der Waals surface area contributed by atoms with Gasteiger partial charge in [-0.15, -0.1) is 0 Å². The Hall–Kier alpha value is -1.45. The first-order chi connectivity index (χ1) is 8.58. The molecule has 0 saturated heterocycles. The highest BCUT2D eigenvalue weighted by atomic mass is 35.5. The third kappa shape index (κ3) is 2.86. The van der Waals surface area contributed by atoms with Crippen molar-refractivity contribution in [2.45, 2.75) is 13.0 Å². The van der Waals surface area contributed by atoms with Gasteiger partial charge in [-0.3, -0.25) is 4.98 Å². The van der Waals surface area contributed by atoms with E-state index in [9.17, 15) is 0 Å². The molecule has 1 unspecified atom stereocenters. The molecule has 0 fully saturated rings. The van der Waals surface area contributed by atoms with Crippen molar-refractivity contribution in [3.8, 4) is 0 Å². The minimum absolute atomic E-state index is 0.104. The largest absolute Gasteiger partial charge is 0.397 e. The van der Waals surface area contributed by atoms with E-state index in [1.807, 2.05) is 19.1 Å². The number of nitrogens with zero attached hydrogens (tertiary/aromatic N) is 1. The van der Waals surface area contributed by atoms with E-state index >= 15 is 0 Å². The van der Waals surface area contributed by atoms with Crippen LogP contribution in [0.5, 0.6) is 0 Å². The quantitative estimate of drug-likeness (QED) is 0.832. The zero-order valence-electron chi connectivity index (χ0n) is 9.82. The number of nitrogens with two attached hydrogens (primary N) is 1. The second kappa shape index (κ2) is 5.46. The fraction of sp³-hybridized carbons (Fsp3) is 0.154. The Balaban J connectivity index is 2.22. The third-order valence-electron chi connectivity index (χ3n) is 2.67. The second-order valence-electron chi connectivity index (χ2n) is 4.00. The number of halogens is 2. The molecule has 0 aliphatic rings. The third-order valence-corrected chi connectivity index (χ3v) is 3.39. The SMILES string of the molecule is CC(Nc1cc(Cl)c(Cl)cc1N)c1ccncc1. The van der Waals surface area contributed by atoms with Crippen LogP contribution in [-0.2, 0) is 0 Å². The van der Waals surface area contributed by atoms with Gasteiger partial charge in [0.1, 0.15) is 0 Å². The van der Waals surface area contributed by atoms with Gasteiger partial charge in [0.15, 0.2) is 0 Å². The maximum atomic E-state index is 5.98. The monoisotopic (exact) mass is 281 g/mol.